The molecule has 4 nitrogen and oxygen atoms in total. The summed E-state index contributed by atoms with van der Waals surface area (Å²) in [5.74, 6) is -0.292. The van der Waals surface area contributed by atoms with Crippen LogP contribution in [-0.4, -0.2) is 17.6 Å². The molecule has 1 rings (SSSR count). The molecule has 0 fully saturated rings. The summed E-state index contributed by atoms with van der Waals surface area (Å²) in [4.78, 5) is 11.6. The number of unbranched alkanes of at least 4 members (excludes halogenated alkanes) is 1. The van der Waals surface area contributed by atoms with Crippen molar-refractivity contribution in [2.45, 2.75) is 19.8 Å². The monoisotopic (exact) mass is 218 g/mol. The molecular weight excluding hydrogens is 204 g/mol. The average Bonchev–Trinajstić information content (AvgIpc) is 2.28. The lowest BCUT2D eigenvalue weighted by molar-refractivity contribution is 0.0950. The van der Waals surface area contributed by atoms with Gasteiger partial charge in [0.25, 0.3) is 5.91 Å². The Morgan fingerprint density at radius 2 is 2.31 bits per heavy atom. The number of carbonyl (C=O) groups excluding carboxylic acids is 1. The molecule has 1 aromatic rings. The van der Waals surface area contributed by atoms with E-state index < -0.39 is 0 Å². The lowest BCUT2D eigenvalue weighted by atomic mass is 10.1. The zero-order chi connectivity index (χ0) is 12.0. The Kier molecular flexibility index (Phi) is 4.34. The summed E-state index contributed by atoms with van der Waals surface area (Å²) >= 11 is 0. The topological polar surface area (TPSA) is 73.1 Å². The van der Waals surface area contributed by atoms with E-state index in [1.807, 2.05) is 6.07 Å². The van der Waals surface area contributed by atoms with Gasteiger partial charge in [0.05, 0.1) is 11.6 Å². The largest absolute Gasteiger partial charge is 0.507 e. The van der Waals surface area contributed by atoms with Crippen molar-refractivity contribution in [2.75, 3.05) is 6.54 Å². The highest BCUT2D eigenvalue weighted by Gasteiger charge is 2.11. The van der Waals surface area contributed by atoms with Gasteiger partial charge in [0.2, 0.25) is 0 Å². The number of benzene rings is 1. The van der Waals surface area contributed by atoms with Crippen molar-refractivity contribution in [1.29, 1.82) is 5.26 Å². The molecule has 0 heterocycles. The molecule has 4 heteroatoms. The molecule has 0 aliphatic rings. The van der Waals surface area contributed by atoms with Crippen LogP contribution in [0.15, 0.2) is 18.2 Å². The second kappa shape index (κ2) is 5.76. The van der Waals surface area contributed by atoms with Crippen molar-refractivity contribution < 1.29 is 9.90 Å². The number of aryl methyl sites for hydroxylation is 1. The number of carbonyl (C=O) groups is 1. The number of aromatic hydroxyl groups is 1. The number of rotatable bonds is 4. The Labute approximate surface area is 94.5 Å². The standard InChI is InChI=1S/C12H14N2O2/c1-9-5-4-6-10(11(9)15)12(16)14-8-3-2-7-13/h4-6,15H,2-3,8H2,1H3,(H,14,16). The van der Waals surface area contributed by atoms with Gasteiger partial charge in [-0.2, -0.15) is 5.26 Å². The minimum absolute atomic E-state index is 0.0142. The predicted octanol–water partition coefficient (Wildman–Crippen LogP) is 1.73. The first kappa shape index (κ1) is 12.1. The maximum absolute atomic E-state index is 11.6. The van der Waals surface area contributed by atoms with Crippen LogP contribution in [-0.2, 0) is 0 Å². The Morgan fingerprint density at radius 1 is 1.56 bits per heavy atom. The highest BCUT2D eigenvalue weighted by Crippen LogP contribution is 2.20. The fourth-order valence-electron chi connectivity index (χ4n) is 1.31. The van der Waals surface area contributed by atoms with Crippen LogP contribution >= 0.6 is 0 Å². The third-order valence-electron chi connectivity index (χ3n) is 2.23. The summed E-state index contributed by atoms with van der Waals surface area (Å²) in [6, 6.07) is 7.03. The van der Waals surface area contributed by atoms with Gasteiger partial charge < -0.3 is 10.4 Å². The third kappa shape index (κ3) is 2.99. The first-order valence-corrected chi connectivity index (χ1v) is 5.10. The molecular formula is C12H14N2O2. The van der Waals surface area contributed by atoms with E-state index in [9.17, 15) is 9.90 Å². The second-order valence-corrected chi connectivity index (χ2v) is 3.49. The maximum atomic E-state index is 11.6. The van der Waals surface area contributed by atoms with E-state index in [0.29, 0.717) is 24.9 Å². The normalized spacial score (nSPS) is 9.50. The highest BCUT2D eigenvalue weighted by atomic mass is 16.3. The van der Waals surface area contributed by atoms with Crippen molar-refractivity contribution in [3.63, 3.8) is 0 Å². The van der Waals surface area contributed by atoms with Gasteiger partial charge in [-0.1, -0.05) is 12.1 Å². The van der Waals surface area contributed by atoms with Gasteiger partial charge in [-0.05, 0) is 25.0 Å². The maximum Gasteiger partial charge on any atom is 0.255 e. The minimum atomic E-state index is -0.306. The molecule has 0 saturated heterocycles. The summed E-state index contributed by atoms with van der Waals surface area (Å²) in [6.07, 6.45) is 1.04. The van der Waals surface area contributed by atoms with Crippen LogP contribution in [0, 0.1) is 18.3 Å². The first-order chi connectivity index (χ1) is 7.66. The molecule has 1 aromatic carbocycles. The smallest absolute Gasteiger partial charge is 0.255 e. The van der Waals surface area contributed by atoms with Gasteiger partial charge in [0.15, 0.2) is 0 Å². The van der Waals surface area contributed by atoms with Gasteiger partial charge >= 0.3 is 0 Å². The molecule has 2 N–H and O–H groups in total. The molecule has 0 spiro atoms. The summed E-state index contributed by atoms with van der Waals surface area (Å²) in [5.41, 5.74) is 0.946. The van der Waals surface area contributed by atoms with Gasteiger partial charge in [-0.15, -0.1) is 0 Å². The molecule has 0 unspecified atom stereocenters. The lowest BCUT2D eigenvalue weighted by Gasteiger charge is -2.07. The van der Waals surface area contributed by atoms with Gasteiger partial charge in [-0.3, -0.25) is 4.79 Å². The third-order valence-corrected chi connectivity index (χ3v) is 2.23. The van der Waals surface area contributed by atoms with Crippen molar-refractivity contribution in [1.82, 2.24) is 5.32 Å². The van der Waals surface area contributed by atoms with Crippen LogP contribution in [0.25, 0.3) is 0 Å². The van der Waals surface area contributed by atoms with Crippen LogP contribution in [0.4, 0.5) is 0 Å². The summed E-state index contributed by atoms with van der Waals surface area (Å²) < 4.78 is 0. The molecule has 0 aliphatic carbocycles. The lowest BCUT2D eigenvalue weighted by Crippen LogP contribution is -2.24. The highest BCUT2D eigenvalue weighted by molar-refractivity contribution is 5.97. The van der Waals surface area contributed by atoms with Gasteiger partial charge in [-0.25, -0.2) is 0 Å². The number of hydrogen-bond acceptors (Lipinski definition) is 3. The summed E-state index contributed by atoms with van der Waals surface area (Å²) in [7, 11) is 0. The number of nitrogens with one attached hydrogen (secondary N) is 1. The van der Waals surface area contributed by atoms with Crippen LogP contribution in [0.1, 0.15) is 28.8 Å². The molecule has 1 amide bonds. The Hall–Kier alpha value is -2.02. The second-order valence-electron chi connectivity index (χ2n) is 3.49. The number of nitrogens with zero attached hydrogens (tertiary/aromatic N) is 1. The van der Waals surface area contributed by atoms with E-state index in [1.165, 1.54) is 0 Å². The SMILES string of the molecule is Cc1cccc(C(=O)NCCCC#N)c1O. The average molecular weight is 218 g/mol. The molecule has 0 radical (unpaired) electrons. The van der Waals surface area contributed by atoms with E-state index in [2.05, 4.69) is 5.32 Å². The molecule has 0 aliphatic heterocycles. The number of hydrogen-bond donors (Lipinski definition) is 2. The van der Waals surface area contributed by atoms with Crippen LogP contribution in [0.2, 0.25) is 0 Å². The van der Waals surface area contributed by atoms with Gasteiger partial charge in [0.1, 0.15) is 5.75 Å². The Balaban J connectivity index is 2.60. The quantitative estimate of drug-likeness (QED) is 0.756. The summed E-state index contributed by atoms with van der Waals surface area (Å²) in [5, 5.41) is 20.6. The zero-order valence-corrected chi connectivity index (χ0v) is 9.16. The van der Waals surface area contributed by atoms with Crippen LogP contribution in [0.3, 0.4) is 0 Å². The predicted molar refractivity (Wildman–Crippen MR) is 60.0 cm³/mol. The zero-order valence-electron chi connectivity index (χ0n) is 9.16. The molecule has 84 valence electrons. The summed E-state index contributed by atoms with van der Waals surface area (Å²) in [6.45, 7) is 2.18. The fraction of sp³-hybridized carbons (Fsp3) is 0.333. The van der Waals surface area contributed by atoms with E-state index in [-0.39, 0.29) is 17.2 Å². The molecule has 0 saturated carbocycles. The van der Waals surface area contributed by atoms with E-state index in [4.69, 9.17) is 5.26 Å². The van der Waals surface area contributed by atoms with Crippen molar-refractivity contribution >= 4 is 5.91 Å². The molecule has 0 atom stereocenters. The number of nitriles is 1. The van der Waals surface area contributed by atoms with Crippen molar-refractivity contribution in [3.05, 3.63) is 29.3 Å². The minimum Gasteiger partial charge on any atom is -0.507 e. The van der Waals surface area contributed by atoms with Gasteiger partial charge in [0, 0.05) is 13.0 Å². The molecule has 0 bridgehead atoms. The first-order valence-electron chi connectivity index (χ1n) is 5.10. The number of para-hydroxylation sites is 1. The molecule has 16 heavy (non-hydrogen) atoms. The molecule has 0 aromatic heterocycles. The number of phenolic OH excluding ortho intramolecular Hbond substituents is 1. The van der Waals surface area contributed by atoms with Crippen molar-refractivity contribution in [3.8, 4) is 11.8 Å². The fourth-order valence-corrected chi connectivity index (χ4v) is 1.31. The van der Waals surface area contributed by atoms with E-state index in [1.54, 1.807) is 25.1 Å². The van der Waals surface area contributed by atoms with Crippen LogP contribution < -0.4 is 5.32 Å². The van der Waals surface area contributed by atoms with Crippen LogP contribution in [0.5, 0.6) is 5.75 Å². The number of phenols is 1. The Bertz CT molecular complexity index is 422. The van der Waals surface area contributed by atoms with Crippen molar-refractivity contribution in [2.24, 2.45) is 0 Å². The van der Waals surface area contributed by atoms with E-state index in [0.717, 1.165) is 0 Å². The Morgan fingerprint density at radius 3 is 3.00 bits per heavy atom. The number of amides is 1. The van der Waals surface area contributed by atoms with E-state index >= 15 is 0 Å².